The quantitative estimate of drug-likeness (QED) is 0.462. The van der Waals surface area contributed by atoms with Crippen molar-refractivity contribution in [1.82, 2.24) is 0 Å². The van der Waals surface area contributed by atoms with Crippen molar-refractivity contribution in [1.29, 1.82) is 0 Å². The Balaban J connectivity index is 0.000000437. The SMILES string of the molecule is CC[NH+](C)C.Nc1ccc(N)c(S(=O)(=O)[O-])c1. The number of nitrogen functional groups attached to an aromatic ring is 2. The maximum absolute atomic E-state index is 10.5. The van der Waals surface area contributed by atoms with Crippen molar-refractivity contribution in [3.05, 3.63) is 18.2 Å². The van der Waals surface area contributed by atoms with Crippen molar-refractivity contribution in [2.24, 2.45) is 0 Å². The zero-order valence-electron chi connectivity index (χ0n) is 10.2. The second-order valence-corrected chi connectivity index (χ2v) is 5.16. The van der Waals surface area contributed by atoms with Crippen molar-refractivity contribution < 1.29 is 17.9 Å². The molecule has 0 aromatic heterocycles. The zero-order chi connectivity index (χ0) is 13.6. The van der Waals surface area contributed by atoms with E-state index in [-0.39, 0.29) is 11.4 Å². The minimum Gasteiger partial charge on any atom is -0.744 e. The molecule has 0 spiro atoms. The second-order valence-electron chi connectivity index (χ2n) is 3.81. The normalized spacial score (nSPS) is 10.9. The molecule has 7 heteroatoms. The topological polar surface area (TPSA) is 114 Å². The van der Waals surface area contributed by atoms with Crippen LogP contribution in [0.2, 0.25) is 0 Å². The lowest BCUT2D eigenvalue weighted by molar-refractivity contribution is -0.856. The van der Waals surface area contributed by atoms with E-state index in [2.05, 4.69) is 21.0 Å². The van der Waals surface area contributed by atoms with Crippen LogP contribution in [0, 0.1) is 0 Å². The van der Waals surface area contributed by atoms with Crippen molar-refractivity contribution in [2.45, 2.75) is 11.8 Å². The summed E-state index contributed by atoms with van der Waals surface area (Å²) < 4.78 is 31.5. The van der Waals surface area contributed by atoms with Crippen LogP contribution in [0.3, 0.4) is 0 Å². The molecule has 5 N–H and O–H groups in total. The summed E-state index contributed by atoms with van der Waals surface area (Å²) in [6.45, 7) is 3.38. The monoisotopic (exact) mass is 261 g/mol. The van der Waals surface area contributed by atoms with E-state index in [0.29, 0.717) is 0 Å². The fourth-order valence-corrected chi connectivity index (χ4v) is 1.40. The van der Waals surface area contributed by atoms with Gasteiger partial charge in [-0.2, -0.15) is 0 Å². The molecule has 0 aliphatic carbocycles. The smallest absolute Gasteiger partial charge is 0.126 e. The average molecular weight is 261 g/mol. The number of quaternary nitrogens is 1. The van der Waals surface area contributed by atoms with Crippen LogP contribution in [0.5, 0.6) is 0 Å². The molecular weight excluding hydrogens is 242 g/mol. The van der Waals surface area contributed by atoms with Crippen LogP contribution in [0.25, 0.3) is 0 Å². The minimum absolute atomic E-state index is 0.0841. The van der Waals surface area contributed by atoms with Gasteiger partial charge >= 0.3 is 0 Å². The van der Waals surface area contributed by atoms with Crippen molar-refractivity contribution >= 4 is 21.5 Å². The van der Waals surface area contributed by atoms with Gasteiger partial charge < -0.3 is 20.9 Å². The van der Waals surface area contributed by atoms with E-state index in [1.807, 2.05) is 0 Å². The van der Waals surface area contributed by atoms with E-state index >= 15 is 0 Å². The van der Waals surface area contributed by atoms with Gasteiger partial charge in [0.05, 0.1) is 25.5 Å². The molecule has 17 heavy (non-hydrogen) atoms. The molecule has 0 fully saturated rings. The zero-order valence-corrected chi connectivity index (χ0v) is 11.0. The third-order valence-corrected chi connectivity index (χ3v) is 2.91. The Morgan fingerprint density at radius 1 is 1.29 bits per heavy atom. The number of anilines is 2. The molecule has 0 atom stereocenters. The van der Waals surface area contributed by atoms with Crippen LogP contribution in [-0.4, -0.2) is 33.6 Å². The van der Waals surface area contributed by atoms with Gasteiger partial charge in [-0.1, -0.05) is 0 Å². The molecule has 0 saturated carbocycles. The molecule has 6 nitrogen and oxygen atoms in total. The first-order chi connectivity index (χ1) is 7.68. The maximum atomic E-state index is 10.5. The Labute approximate surface area is 102 Å². The molecular formula is C10H19N3O3S. The molecule has 0 heterocycles. The molecule has 0 radical (unpaired) electrons. The van der Waals surface area contributed by atoms with E-state index in [1.165, 1.54) is 23.6 Å². The Morgan fingerprint density at radius 2 is 1.76 bits per heavy atom. The highest BCUT2D eigenvalue weighted by Crippen LogP contribution is 2.20. The lowest BCUT2D eigenvalue weighted by Crippen LogP contribution is -3.05. The summed E-state index contributed by atoms with van der Waals surface area (Å²) in [7, 11) is -0.233. The van der Waals surface area contributed by atoms with Crippen LogP contribution < -0.4 is 16.4 Å². The summed E-state index contributed by atoms with van der Waals surface area (Å²) in [4.78, 5) is 1.03. The lowest BCUT2D eigenvalue weighted by atomic mass is 10.3. The molecule has 0 bridgehead atoms. The van der Waals surface area contributed by atoms with Gasteiger partial charge in [0.2, 0.25) is 0 Å². The van der Waals surface area contributed by atoms with Gasteiger partial charge in [0.1, 0.15) is 10.1 Å². The van der Waals surface area contributed by atoms with Gasteiger partial charge in [0, 0.05) is 11.4 Å². The van der Waals surface area contributed by atoms with E-state index in [0.717, 1.165) is 6.07 Å². The van der Waals surface area contributed by atoms with Gasteiger partial charge in [-0.05, 0) is 25.1 Å². The number of benzene rings is 1. The van der Waals surface area contributed by atoms with Gasteiger partial charge in [0.25, 0.3) is 0 Å². The van der Waals surface area contributed by atoms with E-state index in [1.54, 1.807) is 0 Å². The highest BCUT2D eigenvalue weighted by atomic mass is 32.2. The van der Waals surface area contributed by atoms with Crippen LogP contribution in [0.4, 0.5) is 11.4 Å². The lowest BCUT2D eigenvalue weighted by Gasteiger charge is -2.09. The summed E-state index contributed by atoms with van der Waals surface area (Å²) in [6, 6.07) is 3.74. The van der Waals surface area contributed by atoms with Crippen LogP contribution in [0.1, 0.15) is 6.92 Å². The van der Waals surface area contributed by atoms with Crippen molar-refractivity contribution in [3.8, 4) is 0 Å². The summed E-state index contributed by atoms with van der Waals surface area (Å²) in [5.74, 6) is 0. The standard InChI is InChI=1S/C6H8N2O3S.C4H11N/c7-4-1-2-5(8)6(3-4)12(9,10)11;1-4-5(2)3/h1-3H,7-8H2,(H,9,10,11);4H2,1-3H3. The predicted molar refractivity (Wildman–Crippen MR) is 66.6 cm³/mol. The third kappa shape index (κ3) is 6.10. The van der Waals surface area contributed by atoms with E-state index in [4.69, 9.17) is 11.5 Å². The van der Waals surface area contributed by atoms with E-state index < -0.39 is 15.0 Å². The fourth-order valence-electron chi connectivity index (χ4n) is 0.767. The van der Waals surface area contributed by atoms with Crippen molar-refractivity contribution in [2.75, 3.05) is 32.1 Å². The Hall–Kier alpha value is -1.31. The molecule has 98 valence electrons. The number of hydrogen-bond donors (Lipinski definition) is 3. The van der Waals surface area contributed by atoms with Crippen LogP contribution in [-0.2, 0) is 10.1 Å². The molecule has 0 amide bonds. The molecule has 0 aliphatic rings. The predicted octanol–water partition coefficient (Wildman–Crippen LogP) is -1.09. The molecule has 1 aromatic carbocycles. The van der Waals surface area contributed by atoms with Gasteiger partial charge in [0.15, 0.2) is 0 Å². The highest BCUT2D eigenvalue weighted by molar-refractivity contribution is 7.86. The number of rotatable bonds is 2. The summed E-state index contributed by atoms with van der Waals surface area (Å²) in [5.41, 5.74) is 10.6. The Kier molecular flexibility index (Phi) is 5.94. The molecule has 0 unspecified atom stereocenters. The van der Waals surface area contributed by atoms with Gasteiger partial charge in [-0.3, -0.25) is 0 Å². The summed E-state index contributed by atoms with van der Waals surface area (Å²) in [5, 5.41) is 0. The van der Waals surface area contributed by atoms with Crippen molar-refractivity contribution in [3.63, 3.8) is 0 Å². The number of hydrogen-bond acceptors (Lipinski definition) is 5. The van der Waals surface area contributed by atoms with E-state index in [9.17, 15) is 13.0 Å². The first-order valence-electron chi connectivity index (χ1n) is 5.08. The fraction of sp³-hybridized carbons (Fsp3) is 0.400. The molecule has 0 saturated heterocycles. The maximum Gasteiger partial charge on any atom is 0.126 e. The first-order valence-corrected chi connectivity index (χ1v) is 6.49. The second kappa shape index (κ2) is 6.43. The van der Waals surface area contributed by atoms with Crippen LogP contribution >= 0.6 is 0 Å². The highest BCUT2D eigenvalue weighted by Gasteiger charge is 2.05. The minimum atomic E-state index is -4.51. The molecule has 0 aliphatic heterocycles. The number of nitrogens with two attached hydrogens (primary N) is 2. The average Bonchev–Trinajstić information content (AvgIpc) is 2.21. The number of nitrogens with one attached hydrogen (secondary N) is 1. The third-order valence-electron chi connectivity index (χ3n) is 2.01. The first kappa shape index (κ1) is 15.7. The summed E-state index contributed by atoms with van der Waals surface area (Å²) >= 11 is 0. The Bertz CT molecular complexity index is 458. The Morgan fingerprint density at radius 3 is 2.06 bits per heavy atom. The van der Waals surface area contributed by atoms with Crippen LogP contribution in [0.15, 0.2) is 23.1 Å². The molecule has 1 rings (SSSR count). The summed E-state index contributed by atoms with van der Waals surface area (Å²) in [6.07, 6.45) is 0. The largest absolute Gasteiger partial charge is 0.744 e. The van der Waals surface area contributed by atoms with Gasteiger partial charge in [-0.15, -0.1) is 0 Å². The molecule has 1 aromatic rings. The van der Waals surface area contributed by atoms with Gasteiger partial charge in [-0.25, -0.2) is 8.42 Å².